The number of nitrogens with zero attached hydrogens (tertiary/aromatic N) is 5. The summed E-state index contributed by atoms with van der Waals surface area (Å²) in [4.78, 5) is 16.1. The van der Waals surface area contributed by atoms with Crippen LogP contribution in [0.1, 0.15) is 56.5 Å². The second kappa shape index (κ2) is 9.82. The van der Waals surface area contributed by atoms with Gasteiger partial charge in [-0.05, 0) is 63.0 Å². The molecule has 8 nitrogen and oxygen atoms in total. The van der Waals surface area contributed by atoms with E-state index in [4.69, 9.17) is 26.5 Å². The van der Waals surface area contributed by atoms with Gasteiger partial charge in [0.05, 0.1) is 22.3 Å². The number of hydrogen-bond acceptors (Lipinski definition) is 5. The number of halogens is 1. The number of carboxylic acid groups (broad SMARTS) is 1. The van der Waals surface area contributed by atoms with E-state index in [1.165, 1.54) is 73.3 Å². The Morgan fingerprint density at radius 2 is 2.00 bits per heavy atom. The largest absolute Gasteiger partial charge is 0.483 e. The van der Waals surface area contributed by atoms with Crippen molar-refractivity contribution in [1.82, 2.24) is 24.6 Å². The fraction of sp³-hybridized carbons (Fsp3) is 0.577. The molecule has 1 unspecified atom stereocenters. The van der Waals surface area contributed by atoms with Gasteiger partial charge in [-0.25, -0.2) is 4.98 Å². The third-order valence-corrected chi connectivity index (χ3v) is 8.61. The number of aromatic nitrogens is 4. The molecular formula is C26H35ClN6O2. The number of imidazole rings is 1. The van der Waals surface area contributed by atoms with Gasteiger partial charge in [0.25, 0.3) is 6.47 Å². The average Bonchev–Trinajstić information content (AvgIpc) is 3.42. The maximum absolute atomic E-state index is 8.36. The lowest BCUT2D eigenvalue weighted by molar-refractivity contribution is -0.122. The maximum Gasteiger partial charge on any atom is 0.290 e. The van der Waals surface area contributed by atoms with Gasteiger partial charge in [-0.1, -0.05) is 11.6 Å². The first-order chi connectivity index (χ1) is 16.9. The molecule has 1 atom stereocenters. The molecule has 9 heteroatoms. The van der Waals surface area contributed by atoms with E-state index in [0.29, 0.717) is 22.5 Å². The molecule has 2 aromatic heterocycles. The van der Waals surface area contributed by atoms with Crippen molar-refractivity contribution in [3.63, 3.8) is 0 Å². The summed E-state index contributed by atoms with van der Waals surface area (Å²) in [5.41, 5.74) is 5.90. The molecule has 3 aromatic rings. The lowest BCUT2D eigenvalue weighted by Crippen LogP contribution is -2.54. The van der Waals surface area contributed by atoms with Gasteiger partial charge in [-0.2, -0.15) is 5.10 Å². The zero-order chi connectivity index (χ0) is 24.6. The van der Waals surface area contributed by atoms with Crippen LogP contribution in [-0.4, -0.2) is 57.1 Å². The fourth-order valence-corrected chi connectivity index (χ4v) is 6.34. The molecule has 1 aromatic carbocycles. The summed E-state index contributed by atoms with van der Waals surface area (Å²) in [6, 6.07) is 5.79. The standard InChI is InChI=1S/C25H33ClN6.CH2O2/c1-17-3-4-20-21(30(17)2)5-6-22-24(20)29-23(9-12-31-14-18(26)13-28-31)32(22)19-7-10-25(11-8-19)15-27-16-25;2-1-3/h5-6,13-14,17,19,27H,3-4,7-12,15-16H2,1-2H3;1H,(H,2,3). The zero-order valence-corrected chi connectivity index (χ0v) is 21.3. The molecule has 1 saturated heterocycles. The van der Waals surface area contributed by atoms with E-state index in [1.54, 1.807) is 6.20 Å². The third-order valence-electron chi connectivity index (χ3n) is 8.42. The first-order valence-electron chi connectivity index (χ1n) is 12.7. The monoisotopic (exact) mass is 498 g/mol. The second-order valence-electron chi connectivity index (χ2n) is 10.4. The Hall–Kier alpha value is -2.58. The van der Waals surface area contributed by atoms with Crippen molar-refractivity contribution in [1.29, 1.82) is 0 Å². The molecule has 0 amide bonds. The minimum absolute atomic E-state index is 0.250. The van der Waals surface area contributed by atoms with Crippen LogP contribution in [0.4, 0.5) is 5.69 Å². The molecule has 2 N–H and O–H groups in total. The van der Waals surface area contributed by atoms with Crippen molar-refractivity contribution in [2.24, 2.45) is 5.41 Å². The van der Waals surface area contributed by atoms with E-state index >= 15 is 0 Å². The molecule has 2 aliphatic heterocycles. The molecule has 0 bridgehead atoms. The lowest BCUT2D eigenvalue weighted by Gasteiger charge is -2.47. The minimum Gasteiger partial charge on any atom is -0.483 e. The third kappa shape index (κ3) is 4.54. The SMILES string of the molecule is CC1CCc2c(ccc3c2nc(CCn2cc(Cl)cn2)n3C2CCC3(CC2)CNC3)N1C.O=CO. The Morgan fingerprint density at radius 3 is 2.63 bits per heavy atom. The van der Waals surface area contributed by atoms with Crippen molar-refractivity contribution in [3.8, 4) is 0 Å². The fourth-order valence-electron chi connectivity index (χ4n) is 6.18. The molecule has 1 saturated carbocycles. The molecule has 1 spiro atoms. The topological polar surface area (TPSA) is 88.2 Å². The summed E-state index contributed by atoms with van der Waals surface area (Å²) in [6.07, 6.45) is 11.9. The van der Waals surface area contributed by atoms with E-state index in [1.807, 2.05) is 10.9 Å². The molecule has 1 aliphatic carbocycles. The molecular weight excluding hydrogens is 464 g/mol. The number of benzene rings is 1. The van der Waals surface area contributed by atoms with E-state index in [-0.39, 0.29) is 6.47 Å². The predicted octanol–water partition coefficient (Wildman–Crippen LogP) is 4.31. The molecule has 6 rings (SSSR count). The van der Waals surface area contributed by atoms with Crippen LogP contribution >= 0.6 is 11.6 Å². The first kappa shape index (κ1) is 24.1. The van der Waals surface area contributed by atoms with Crippen LogP contribution < -0.4 is 10.2 Å². The molecule has 35 heavy (non-hydrogen) atoms. The van der Waals surface area contributed by atoms with Gasteiger partial charge in [0.1, 0.15) is 5.82 Å². The summed E-state index contributed by atoms with van der Waals surface area (Å²) in [7, 11) is 2.22. The average molecular weight is 499 g/mol. The normalized spacial score (nSPS) is 21.3. The first-order valence-corrected chi connectivity index (χ1v) is 13.0. The van der Waals surface area contributed by atoms with Crippen LogP contribution in [0, 0.1) is 5.41 Å². The summed E-state index contributed by atoms with van der Waals surface area (Å²) in [5.74, 6) is 1.20. The van der Waals surface area contributed by atoms with Gasteiger partial charge in [0, 0.05) is 62.6 Å². The summed E-state index contributed by atoms with van der Waals surface area (Å²) >= 11 is 6.10. The Bertz CT molecular complexity index is 1190. The van der Waals surface area contributed by atoms with Crippen LogP contribution in [0.15, 0.2) is 24.5 Å². The number of carbonyl (C=O) groups is 1. The number of aryl methyl sites for hydroxylation is 3. The number of rotatable bonds is 4. The Balaban J connectivity index is 0.000000806. The smallest absolute Gasteiger partial charge is 0.290 e. The Morgan fingerprint density at radius 1 is 1.26 bits per heavy atom. The van der Waals surface area contributed by atoms with Crippen molar-refractivity contribution in [2.75, 3.05) is 25.0 Å². The lowest BCUT2D eigenvalue weighted by atomic mass is 9.68. The van der Waals surface area contributed by atoms with Crippen LogP contribution in [0.25, 0.3) is 11.0 Å². The van der Waals surface area contributed by atoms with Crippen molar-refractivity contribution < 1.29 is 9.90 Å². The van der Waals surface area contributed by atoms with Gasteiger partial charge < -0.3 is 19.9 Å². The van der Waals surface area contributed by atoms with Crippen molar-refractivity contribution in [3.05, 3.63) is 40.9 Å². The van der Waals surface area contributed by atoms with E-state index in [0.717, 1.165) is 19.4 Å². The Labute approximate surface area is 211 Å². The summed E-state index contributed by atoms with van der Waals surface area (Å²) in [5, 5.41) is 15.5. The zero-order valence-electron chi connectivity index (χ0n) is 20.6. The van der Waals surface area contributed by atoms with Gasteiger partial charge >= 0.3 is 0 Å². The second-order valence-corrected chi connectivity index (χ2v) is 10.9. The highest BCUT2D eigenvalue weighted by atomic mass is 35.5. The number of fused-ring (bicyclic) bond motifs is 3. The van der Waals surface area contributed by atoms with Gasteiger partial charge in [-0.15, -0.1) is 0 Å². The van der Waals surface area contributed by atoms with Crippen LogP contribution in [-0.2, 0) is 24.2 Å². The molecule has 3 aliphatic rings. The highest BCUT2D eigenvalue weighted by Crippen LogP contribution is 2.45. The summed E-state index contributed by atoms with van der Waals surface area (Å²) < 4.78 is 4.53. The van der Waals surface area contributed by atoms with Crippen molar-refractivity contribution in [2.45, 2.75) is 70.5 Å². The maximum atomic E-state index is 8.36. The molecule has 4 heterocycles. The van der Waals surface area contributed by atoms with Gasteiger partial charge in [0.15, 0.2) is 0 Å². The molecule has 0 radical (unpaired) electrons. The summed E-state index contributed by atoms with van der Waals surface area (Å²) in [6.45, 7) is 5.28. The molecule has 188 valence electrons. The number of nitrogens with one attached hydrogen (secondary N) is 1. The van der Waals surface area contributed by atoms with E-state index in [9.17, 15) is 0 Å². The van der Waals surface area contributed by atoms with Crippen LogP contribution in [0.2, 0.25) is 5.02 Å². The number of hydrogen-bond donors (Lipinski definition) is 2. The minimum atomic E-state index is -0.250. The van der Waals surface area contributed by atoms with Crippen LogP contribution in [0.5, 0.6) is 0 Å². The predicted molar refractivity (Wildman–Crippen MR) is 138 cm³/mol. The van der Waals surface area contributed by atoms with Crippen LogP contribution in [0.3, 0.4) is 0 Å². The van der Waals surface area contributed by atoms with E-state index in [2.05, 4.69) is 46.0 Å². The molecule has 2 fully saturated rings. The highest BCUT2D eigenvalue weighted by molar-refractivity contribution is 6.30. The Kier molecular flexibility index (Phi) is 6.77. The van der Waals surface area contributed by atoms with E-state index < -0.39 is 0 Å². The highest BCUT2D eigenvalue weighted by Gasteiger charge is 2.41. The van der Waals surface area contributed by atoms with Gasteiger partial charge in [0.2, 0.25) is 0 Å². The van der Waals surface area contributed by atoms with Gasteiger partial charge in [-0.3, -0.25) is 9.48 Å². The quantitative estimate of drug-likeness (QED) is 0.521. The number of anilines is 1. The van der Waals surface area contributed by atoms with Crippen molar-refractivity contribution >= 4 is 34.8 Å².